The molecule has 0 spiro atoms. The van der Waals surface area contributed by atoms with E-state index in [1.807, 2.05) is 30.3 Å². The number of thioether (sulfide) groups is 1. The van der Waals surface area contributed by atoms with Gasteiger partial charge in [0.2, 0.25) is 11.8 Å². The number of fused-ring (bicyclic) bond motifs is 2. The molecule has 0 aliphatic carbocycles. The van der Waals surface area contributed by atoms with Crippen molar-refractivity contribution in [2.24, 2.45) is 11.7 Å². The first-order chi connectivity index (χ1) is 15.0. The van der Waals surface area contributed by atoms with Gasteiger partial charge in [0, 0.05) is 31.2 Å². The fourth-order valence-electron chi connectivity index (χ4n) is 4.28. The number of nitrogens with two attached hydrogens (primary N) is 1. The molecule has 1 unspecified atom stereocenters. The lowest BCUT2D eigenvalue weighted by molar-refractivity contribution is -0.135. The Morgan fingerprint density at radius 3 is 2.61 bits per heavy atom. The summed E-state index contributed by atoms with van der Waals surface area (Å²) >= 11 is 1.48. The van der Waals surface area contributed by atoms with Gasteiger partial charge in [0.15, 0.2) is 10.8 Å². The van der Waals surface area contributed by atoms with E-state index in [9.17, 15) is 14.4 Å². The molecule has 0 radical (unpaired) electrons. The highest BCUT2D eigenvalue weighted by molar-refractivity contribution is 7.99. The first-order valence-electron chi connectivity index (χ1n) is 10.3. The number of likely N-dealkylation sites (tertiary alicyclic amines) is 1. The summed E-state index contributed by atoms with van der Waals surface area (Å²) in [5.74, 6) is 0.157. The summed E-state index contributed by atoms with van der Waals surface area (Å²) in [6, 6.07) is 9.32. The largest absolute Gasteiger partial charge is 0.369 e. The van der Waals surface area contributed by atoms with E-state index in [1.54, 1.807) is 20.3 Å². The van der Waals surface area contributed by atoms with Gasteiger partial charge in [-0.2, -0.15) is 5.10 Å². The summed E-state index contributed by atoms with van der Waals surface area (Å²) in [7, 11) is 0. The van der Waals surface area contributed by atoms with E-state index in [0.717, 1.165) is 5.69 Å². The minimum Gasteiger partial charge on any atom is -0.369 e. The van der Waals surface area contributed by atoms with Gasteiger partial charge < -0.3 is 10.6 Å². The van der Waals surface area contributed by atoms with Crippen LogP contribution in [0.4, 0.5) is 0 Å². The summed E-state index contributed by atoms with van der Waals surface area (Å²) in [6.45, 7) is 1.05. The van der Waals surface area contributed by atoms with Gasteiger partial charge in [-0.3, -0.25) is 19.0 Å². The van der Waals surface area contributed by atoms with E-state index >= 15 is 0 Å². The van der Waals surface area contributed by atoms with Crippen LogP contribution < -0.4 is 11.3 Å². The molecule has 0 bridgehead atoms. The average Bonchev–Trinajstić information content (AvgIpc) is 3.39. The molecule has 1 aromatic carbocycles. The Kier molecular flexibility index (Phi) is 5.01. The minimum absolute atomic E-state index is 0.00616. The first kappa shape index (κ1) is 19.8. The first-order valence-corrected chi connectivity index (χ1v) is 11.3. The van der Waals surface area contributed by atoms with Crippen molar-refractivity contribution in [1.82, 2.24) is 24.2 Å². The van der Waals surface area contributed by atoms with Crippen LogP contribution in [0.5, 0.6) is 0 Å². The molecule has 4 heterocycles. The predicted octanol–water partition coefficient (Wildman–Crippen LogP) is 1.34. The Morgan fingerprint density at radius 1 is 1.16 bits per heavy atom. The quantitative estimate of drug-likeness (QED) is 0.615. The molecule has 3 aromatic rings. The van der Waals surface area contributed by atoms with Gasteiger partial charge in [-0.1, -0.05) is 30.0 Å². The molecule has 1 saturated heterocycles. The number of carbonyl (C=O) groups is 2. The number of rotatable bonds is 4. The summed E-state index contributed by atoms with van der Waals surface area (Å²) in [4.78, 5) is 43.9. The van der Waals surface area contributed by atoms with Crippen LogP contribution in [-0.4, -0.2) is 54.9 Å². The highest BCUT2D eigenvalue weighted by atomic mass is 32.2. The van der Waals surface area contributed by atoms with Gasteiger partial charge in [0.05, 0.1) is 17.9 Å². The Balaban J connectivity index is 1.39. The molecular weight excluding hydrogens is 416 g/mol. The maximum absolute atomic E-state index is 13.2. The van der Waals surface area contributed by atoms with Crippen LogP contribution in [0, 0.1) is 5.92 Å². The van der Waals surface area contributed by atoms with Gasteiger partial charge in [0.25, 0.3) is 5.56 Å². The number of aromatic nitrogens is 4. The number of piperidine rings is 1. The van der Waals surface area contributed by atoms with Crippen LogP contribution in [0.3, 0.4) is 0 Å². The third-order valence-electron chi connectivity index (χ3n) is 6.03. The highest BCUT2D eigenvalue weighted by Gasteiger charge is 2.32. The van der Waals surface area contributed by atoms with E-state index in [1.165, 1.54) is 11.8 Å². The number of hydrogen-bond donors (Lipinski definition) is 1. The predicted molar refractivity (Wildman–Crippen MR) is 116 cm³/mol. The molecule has 0 saturated carbocycles. The topological polar surface area (TPSA) is 116 Å². The highest BCUT2D eigenvalue weighted by Crippen LogP contribution is 2.34. The normalized spacial score (nSPS) is 19.0. The van der Waals surface area contributed by atoms with Crippen molar-refractivity contribution in [3.63, 3.8) is 0 Å². The zero-order chi connectivity index (χ0) is 21.5. The second-order valence-electron chi connectivity index (χ2n) is 7.93. The Morgan fingerprint density at radius 2 is 1.90 bits per heavy atom. The van der Waals surface area contributed by atoms with Crippen molar-refractivity contribution in [3.05, 3.63) is 46.9 Å². The van der Waals surface area contributed by atoms with Gasteiger partial charge in [-0.15, -0.1) is 0 Å². The number of para-hydroxylation sites is 1. The SMILES string of the molecule is NC(=O)C1CCN(C(=O)CC2CSc3nc4c(cnn4-c4ccccc4)c(=O)n32)CC1. The van der Waals surface area contributed by atoms with Crippen molar-refractivity contribution in [2.75, 3.05) is 18.8 Å². The Hall–Kier alpha value is -3.14. The lowest BCUT2D eigenvalue weighted by Gasteiger charge is -2.31. The zero-order valence-corrected chi connectivity index (χ0v) is 17.6. The molecule has 1 atom stereocenters. The number of amides is 2. The van der Waals surface area contributed by atoms with E-state index < -0.39 is 0 Å². The molecule has 31 heavy (non-hydrogen) atoms. The molecular formula is C21H22N6O3S. The number of carbonyl (C=O) groups excluding carboxylic acids is 2. The van der Waals surface area contributed by atoms with Gasteiger partial charge in [-0.25, -0.2) is 9.67 Å². The molecule has 10 heteroatoms. The molecule has 2 aliphatic rings. The van der Waals surface area contributed by atoms with Crippen LogP contribution in [0.1, 0.15) is 25.3 Å². The standard InChI is InChI=1S/C21H22N6O3S/c22-18(29)13-6-8-25(9-7-13)17(28)10-15-12-31-21-24-19-16(20(30)26(15)21)11-23-27(19)14-4-2-1-3-5-14/h1-5,11,13,15H,6-10,12H2,(H2,22,29). The third kappa shape index (κ3) is 3.50. The number of nitrogens with zero attached hydrogens (tertiary/aromatic N) is 5. The van der Waals surface area contributed by atoms with Crippen molar-refractivity contribution in [1.29, 1.82) is 0 Å². The van der Waals surface area contributed by atoms with E-state index in [2.05, 4.69) is 5.10 Å². The Labute approximate surface area is 182 Å². The van der Waals surface area contributed by atoms with Gasteiger partial charge in [0.1, 0.15) is 5.39 Å². The Bertz CT molecular complexity index is 1210. The lowest BCUT2D eigenvalue weighted by atomic mass is 9.96. The molecule has 2 amide bonds. The average molecular weight is 439 g/mol. The summed E-state index contributed by atoms with van der Waals surface area (Å²) in [5, 5.41) is 5.42. The second kappa shape index (κ2) is 7.84. The van der Waals surface area contributed by atoms with Gasteiger partial charge in [-0.05, 0) is 25.0 Å². The molecule has 160 valence electrons. The fraction of sp³-hybridized carbons (Fsp3) is 0.381. The van der Waals surface area contributed by atoms with Crippen molar-refractivity contribution in [3.8, 4) is 5.69 Å². The second-order valence-corrected chi connectivity index (χ2v) is 8.91. The molecule has 2 aliphatic heterocycles. The maximum Gasteiger partial charge on any atom is 0.265 e. The molecule has 9 nitrogen and oxygen atoms in total. The van der Waals surface area contributed by atoms with Crippen molar-refractivity contribution < 1.29 is 9.59 Å². The minimum atomic E-state index is -0.300. The maximum atomic E-state index is 13.2. The third-order valence-corrected chi connectivity index (χ3v) is 7.13. The van der Waals surface area contributed by atoms with Crippen molar-refractivity contribution in [2.45, 2.75) is 30.5 Å². The smallest absolute Gasteiger partial charge is 0.265 e. The van der Waals surface area contributed by atoms with E-state index in [4.69, 9.17) is 10.7 Å². The zero-order valence-electron chi connectivity index (χ0n) is 16.8. The molecule has 2 aromatic heterocycles. The van der Waals surface area contributed by atoms with E-state index in [0.29, 0.717) is 47.9 Å². The van der Waals surface area contributed by atoms with Gasteiger partial charge >= 0.3 is 0 Å². The van der Waals surface area contributed by atoms with Crippen LogP contribution in [0.2, 0.25) is 0 Å². The number of benzene rings is 1. The molecule has 2 N–H and O–H groups in total. The van der Waals surface area contributed by atoms with Crippen molar-refractivity contribution >= 4 is 34.6 Å². The van der Waals surface area contributed by atoms with E-state index in [-0.39, 0.29) is 35.8 Å². The summed E-state index contributed by atoms with van der Waals surface area (Å²) < 4.78 is 3.30. The molecule has 5 rings (SSSR count). The lowest BCUT2D eigenvalue weighted by Crippen LogP contribution is -2.42. The molecule has 1 fully saturated rings. The van der Waals surface area contributed by atoms with Crippen LogP contribution in [0.25, 0.3) is 16.7 Å². The summed E-state index contributed by atoms with van der Waals surface area (Å²) in [5.41, 5.74) is 6.57. The van der Waals surface area contributed by atoms with Crippen LogP contribution in [0.15, 0.2) is 46.5 Å². The van der Waals surface area contributed by atoms with Crippen LogP contribution >= 0.6 is 11.8 Å². The monoisotopic (exact) mass is 438 g/mol. The summed E-state index contributed by atoms with van der Waals surface area (Å²) in [6.07, 6.45) is 2.97. The fourth-order valence-corrected chi connectivity index (χ4v) is 5.41. The number of primary amides is 1. The van der Waals surface area contributed by atoms with Crippen LogP contribution in [-0.2, 0) is 9.59 Å². The number of hydrogen-bond acceptors (Lipinski definition) is 6.